The summed E-state index contributed by atoms with van der Waals surface area (Å²) in [6, 6.07) is 6.91. The zero-order chi connectivity index (χ0) is 15.7. The van der Waals surface area contributed by atoms with E-state index in [1.165, 1.54) is 0 Å². The Morgan fingerprint density at radius 1 is 1.24 bits per heavy atom. The van der Waals surface area contributed by atoms with Crippen molar-refractivity contribution in [3.63, 3.8) is 0 Å². The SMILES string of the molecule is CCCNS(=O)(=O)c1ccccc1NCC(CC)CCO. The van der Waals surface area contributed by atoms with Gasteiger partial charge in [-0.25, -0.2) is 13.1 Å². The van der Waals surface area contributed by atoms with Gasteiger partial charge in [-0.3, -0.25) is 0 Å². The standard InChI is InChI=1S/C15H26N2O3S/c1-3-10-17-21(19,20)15-8-6-5-7-14(15)16-12-13(4-2)9-11-18/h5-8,13,16-18H,3-4,9-12H2,1-2H3. The Kier molecular flexibility index (Phi) is 7.71. The van der Waals surface area contributed by atoms with E-state index in [1.807, 2.05) is 13.0 Å². The predicted molar refractivity (Wildman–Crippen MR) is 85.9 cm³/mol. The molecule has 0 bridgehead atoms. The van der Waals surface area contributed by atoms with E-state index >= 15 is 0 Å². The number of aliphatic hydroxyl groups excluding tert-OH is 1. The molecule has 0 saturated carbocycles. The number of benzene rings is 1. The highest BCUT2D eigenvalue weighted by atomic mass is 32.2. The molecule has 0 aliphatic rings. The minimum absolute atomic E-state index is 0.151. The van der Waals surface area contributed by atoms with Crippen LogP contribution in [0.25, 0.3) is 0 Å². The maximum atomic E-state index is 12.3. The van der Waals surface area contributed by atoms with Gasteiger partial charge in [-0.2, -0.15) is 0 Å². The van der Waals surface area contributed by atoms with Crippen LogP contribution >= 0.6 is 0 Å². The molecule has 0 aliphatic carbocycles. The highest BCUT2D eigenvalue weighted by Crippen LogP contribution is 2.21. The minimum Gasteiger partial charge on any atom is -0.396 e. The van der Waals surface area contributed by atoms with E-state index in [2.05, 4.69) is 17.0 Å². The van der Waals surface area contributed by atoms with Crippen LogP contribution in [-0.4, -0.2) is 33.2 Å². The zero-order valence-electron chi connectivity index (χ0n) is 12.8. The Morgan fingerprint density at radius 3 is 2.57 bits per heavy atom. The largest absolute Gasteiger partial charge is 0.396 e. The van der Waals surface area contributed by atoms with Gasteiger partial charge in [0.1, 0.15) is 4.90 Å². The van der Waals surface area contributed by atoms with Gasteiger partial charge in [0.2, 0.25) is 10.0 Å². The van der Waals surface area contributed by atoms with E-state index in [9.17, 15) is 8.42 Å². The Labute approximate surface area is 127 Å². The second-order valence-electron chi connectivity index (χ2n) is 5.06. The van der Waals surface area contributed by atoms with Crippen LogP contribution in [0.2, 0.25) is 0 Å². The third-order valence-corrected chi connectivity index (χ3v) is 4.93. The van der Waals surface area contributed by atoms with Crippen LogP contribution in [0.3, 0.4) is 0 Å². The maximum Gasteiger partial charge on any atom is 0.242 e. The number of nitrogens with one attached hydrogen (secondary N) is 2. The third kappa shape index (κ3) is 5.65. The van der Waals surface area contributed by atoms with Crippen molar-refractivity contribution in [1.82, 2.24) is 4.72 Å². The predicted octanol–water partition coefficient (Wildman–Crippen LogP) is 2.20. The Balaban J connectivity index is 2.84. The zero-order valence-corrected chi connectivity index (χ0v) is 13.6. The lowest BCUT2D eigenvalue weighted by Crippen LogP contribution is -2.26. The molecule has 0 saturated heterocycles. The monoisotopic (exact) mass is 314 g/mol. The van der Waals surface area contributed by atoms with Crippen LogP contribution in [0.5, 0.6) is 0 Å². The van der Waals surface area contributed by atoms with Crippen molar-refractivity contribution in [3.05, 3.63) is 24.3 Å². The van der Waals surface area contributed by atoms with E-state index in [0.717, 1.165) is 12.8 Å². The number of para-hydroxylation sites is 1. The number of anilines is 1. The molecular weight excluding hydrogens is 288 g/mol. The molecule has 0 amide bonds. The van der Waals surface area contributed by atoms with Gasteiger partial charge < -0.3 is 10.4 Å². The summed E-state index contributed by atoms with van der Waals surface area (Å²) in [5.41, 5.74) is 0.609. The summed E-state index contributed by atoms with van der Waals surface area (Å²) in [5, 5.41) is 12.2. The van der Waals surface area contributed by atoms with Crippen LogP contribution in [0, 0.1) is 5.92 Å². The van der Waals surface area contributed by atoms with Crippen molar-refractivity contribution < 1.29 is 13.5 Å². The van der Waals surface area contributed by atoms with Gasteiger partial charge in [0, 0.05) is 19.7 Å². The van der Waals surface area contributed by atoms with E-state index in [1.54, 1.807) is 18.2 Å². The lowest BCUT2D eigenvalue weighted by atomic mass is 10.0. The summed E-state index contributed by atoms with van der Waals surface area (Å²) in [6.07, 6.45) is 2.41. The minimum atomic E-state index is -3.48. The summed E-state index contributed by atoms with van der Waals surface area (Å²) in [5.74, 6) is 0.328. The molecule has 6 heteroatoms. The molecule has 0 aliphatic heterocycles. The molecule has 0 spiro atoms. The van der Waals surface area contributed by atoms with Crippen LogP contribution in [0.1, 0.15) is 33.1 Å². The molecule has 0 fully saturated rings. The van der Waals surface area contributed by atoms with Gasteiger partial charge in [-0.05, 0) is 30.9 Å². The lowest BCUT2D eigenvalue weighted by Gasteiger charge is -2.17. The molecule has 5 nitrogen and oxygen atoms in total. The average molecular weight is 314 g/mol. The topological polar surface area (TPSA) is 78.4 Å². The summed E-state index contributed by atoms with van der Waals surface area (Å²) < 4.78 is 27.1. The van der Waals surface area contributed by atoms with Crippen LogP contribution < -0.4 is 10.0 Å². The Bertz CT molecular complexity index is 517. The van der Waals surface area contributed by atoms with Gasteiger partial charge in [0.05, 0.1) is 5.69 Å². The molecule has 0 radical (unpaired) electrons. The number of hydrogen-bond donors (Lipinski definition) is 3. The highest BCUT2D eigenvalue weighted by Gasteiger charge is 2.17. The fourth-order valence-electron chi connectivity index (χ4n) is 2.05. The van der Waals surface area contributed by atoms with E-state index < -0.39 is 10.0 Å². The summed E-state index contributed by atoms with van der Waals surface area (Å²) in [7, 11) is -3.48. The fourth-order valence-corrected chi connectivity index (χ4v) is 3.36. The molecule has 3 N–H and O–H groups in total. The number of aliphatic hydroxyl groups is 1. The Hall–Kier alpha value is -1.11. The van der Waals surface area contributed by atoms with Crippen molar-refractivity contribution in [3.8, 4) is 0 Å². The molecule has 21 heavy (non-hydrogen) atoms. The quantitative estimate of drug-likeness (QED) is 0.618. The summed E-state index contributed by atoms with van der Waals surface area (Å²) in [6.45, 7) is 5.22. The summed E-state index contributed by atoms with van der Waals surface area (Å²) >= 11 is 0. The van der Waals surface area contributed by atoms with Gasteiger partial charge in [0.15, 0.2) is 0 Å². The average Bonchev–Trinajstić information content (AvgIpc) is 2.49. The molecule has 1 atom stereocenters. The molecule has 1 rings (SSSR count). The summed E-state index contributed by atoms with van der Waals surface area (Å²) in [4.78, 5) is 0.275. The lowest BCUT2D eigenvalue weighted by molar-refractivity contribution is 0.258. The smallest absolute Gasteiger partial charge is 0.242 e. The molecule has 0 heterocycles. The van der Waals surface area contributed by atoms with Crippen molar-refractivity contribution in [1.29, 1.82) is 0 Å². The second kappa shape index (κ2) is 9.02. The first-order valence-corrected chi connectivity index (χ1v) is 8.96. The molecule has 1 aromatic carbocycles. The van der Waals surface area contributed by atoms with E-state index in [4.69, 9.17) is 5.11 Å². The third-order valence-electron chi connectivity index (χ3n) is 3.41. The number of rotatable bonds is 10. The molecule has 0 aromatic heterocycles. The first-order valence-electron chi connectivity index (χ1n) is 7.48. The van der Waals surface area contributed by atoms with Gasteiger partial charge in [0.25, 0.3) is 0 Å². The number of sulfonamides is 1. The maximum absolute atomic E-state index is 12.3. The normalized spacial score (nSPS) is 13.1. The first-order chi connectivity index (χ1) is 10.0. The van der Waals surface area contributed by atoms with Crippen LogP contribution in [0.4, 0.5) is 5.69 Å². The fraction of sp³-hybridized carbons (Fsp3) is 0.600. The molecule has 120 valence electrons. The molecule has 1 unspecified atom stereocenters. The van der Waals surface area contributed by atoms with Gasteiger partial charge in [-0.15, -0.1) is 0 Å². The van der Waals surface area contributed by atoms with Crippen molar-refractivity contribution in [2.75, 3.05) is 25.0 Å². The number of hydrogen-bond acceptors (Lipinski definition) is 4. The molecular formula is C15H26N2O3S. The van der Waals surface area contributed by atoms with Crippen LogP contribution in [-0.2, 0) is 10.0 Å². The first kappa shape index (κ1) is 17.9. The van der Waals surface area contributed by atoms with Crippen molar-refractivity contribution in [2.45, 2.75) is 38.0 Å². The van der Waals surface area contributed by atoms with Crippen LogP contribution in [0.15, 0.2) is 29.2 Å². The van der Waals surface area contributed by atoms with Crippen molar-refractivity contribution in [2.24, 2.45) is 5.92 Å². The van der Waals surface area contributed by atoms with E-state index in [-0.39, 0.29) is 11.5 Å². The molecule has 1 aromatic rings. The van der Waals surface area contributed by atoms with E-state index in [0.29, 0.717) is 31.1 Å². The van der Waals surface area contributed by atoms with Gasteiger partial charge >= 0.3 is 0 Å². The second-order valence-corrected chi connectivity index (χ2v) is 6.80. The highest BCUT2D eigenvalue weighted by molar-refractivity contribution is 7.89. The Morgan fingerprint density at radius 2 is 1.95 bits per heavy atom. The van der Waals surface area contributed by atoms with Gasteiger partial charge in [-0.1, -0.05) is 32.4 Å². The van der Waals surface area contributed by atoms with Crippen molar-refractivity contribution >= 4 is 15.7 Å².